The maximum Gasteiger partial charge on any atom is 0.338 e. The minimum Gasteiger partial charge on any atom is -0.462 e. The van der Waals surface area contributed by atoms with E-state index >= 15 is 0 Å². The first-order chi connectivity index (χ1) is 16.6. The summed E-state index contributed by atoms with van der Waals surface area (Å²) in [5.41, 5.74) is 10.1. The fourth-order valence-corrected chi connectivity index (χ4v) is 4.21. The Kier molecular flexibility index (Phi) is 5.85. The number of anilines is 1. The molecule has 1 fully saturated rings. The van der Waals surface area contributed by atoms with Crippen molar-refractivity contribution in [1.82, 2.24) is 19.9 Å². The lowest BCUT2D eigenvalue weighted by Gasteiger charge is -2.11. The van der Waals surface area contributed by atoms with Crippen molar-refractivity contribution in [3.05, 3.63) is 59.7 Å². The van der Waals surface area contributed by atoms with E-state index in [0.717, 1.165) is 12.8 Å². The van der Waals surface area contributed by atoms with Crippen molar-refractivity contribution in [2.75, 3.05) is 25.5 Å². The number of hydrogen-bond acceptors (Lipinski definition) is 7. The lowest BCUT2D eigenvalue weighted by atomic mass is 10.2. The quantitative estimate of drug-likeness (QED) is 0.425. The molecule has 0 unspecified atom stereocenters. The van der Waals surface area contributed by atoms with Crippen LogP contribution in [0.4, 0.5) is 5.82 Å². The Hall–Kier alpha value is -3.98. The summed E-state index contributed by atoms with van der Waals surface area (Å²) in [4.78, 5) is 34.8. The van der Waals surface area contributed by atoms with E-state index in [1.54, 1.807) is 35.8 Å². The van der Waals surface area contributed by atoms with Gasteiger partial charge in [-0.1, -0.05) is 12.1 Å². The number of aromatic nitrogens is 3. The number of benzene rings is 2. The predicted molar refractivity (Wildman–Crippen MR) is 128 cm³/mol. The first kappa shape index (κ1) is 21.8. The maximum absolute atomic E-state index is 13.2. The van der Waals surface area contributed by atoms with Crippen LogP contribution in [0.2, 0.25) is 0 Å². The number of nitrogens with zero attached hydrogens (tertiary/aromatic N) is 3. The molecule has 0 radical (unpaired) electrons. The molecule has 2 aromatic heterocycles. The third kappa shape index (κ3) is 3.94. The van der Waals surface area contributed by atoms with Crippen molar-refractivity contribution in [1.29, 1.82) is 0 Å². The number of carbonyl (C=O) groups is 2. The Morgan fingerprint density at radius 1 is 1.15 bits per heavy atom. The Morgan fingerprint density at radius 2 is 1.88 bits per heavy atom. The number of ether oxygens (including phenoxy) is 2. The van der Waals surface area contributed by atoms with Crippen LogP contribution in [0.5, 0.6) is 0 Å². The van der Waals surface area contributed by atoms with E-state index in [1.807, 2.05) is 24.3 Å². The maximum atomic E-state index is 13.2. The molecule has 9 nitrogen and oxygen atoms in total. The summed E-state index contributed by atoms with van der Waals surface area (Å²) in [5.74, 6) is -0.511. The molecule has 174 valence electrons. The monoisotopic (exact) mass is 459 g/mol. The number of amides is 1. The molecule has 4 aromatic rings. The first-order valence-corrected chi connectivity index (χ1v) is 11.3. The number of nitrogen functional groups attached to an aromatic ring is 1. The van der Waals surface area contributed by atoms with E-state index in [9.17, 15) is 9.59 Å². The second-order valence-corrected chi connectivity index (χ2v) is 8.09. The number of para-hydroxylation sites is 2. The Labute approximate surface area is 195 Å². The lowest BCUT2D eigenvalue weighted by Crippen LogP contribution is -2.32. The normalized spacial score (nSPS) is 15.6. The Balaban J connectivity index is 1.60. The summed E-state index contributed by atoms with van der Waals surface area (Å²) in [6.07, 6.45) is 1.90. The standard InChI is InChI=1S/C25H25N5O4/c1-2-33-25(32)15-9-11-16(12-10-15)30-22(26)20(24(31)27-14-17-6-5-13-34-17)21-23(30)29-19-8-4-3-7-18(19)28-21/h3-4,7-12,17H,2,5-6,13-14,26H2,1H3,(H,27,31)/t17-/m0/s1. The zero-order valence-corrected chi connectivity index (χ0v) is 18.8. The molecule has 34 heavy (non-hydrogen) atoms. The highest BCUT2D eigenvalue weighted by Gasteiger charge is 2.26. The summed E-state index contributed by atoms with van der Waals surface area (Å²) in [5, 5.41) is 2.94. The highest BCUT2D eigenvalue weighted by atomic mass is 16.5. The average molecular weight is 460 g/mol. The summed E-state index contributed by atoms with van der Waals surface area (Å²) < 4.78 is 12.4. The molecule has 3 N–H and O–H groups in total. The van der Waals surface area contributed by atoms with Gasteiger partial charge in [0.25, 0.3) is 5.91 Å². The van der Waals surface area contributed by atoms with Crippen LogP contribution in [0.25, 0.3) is 27.9 Å². The van der Waals surface area contributed by atoms with E-state index < -0.39 is 5.97 Å². The van der Waals surface area contributed by atoms with E-state index in [-0.39, 0.29) is 23.4 Å². The van der Waals surface area contributed by atoms with Crippen molar-refractivity contribution in [3.63, 3.8) is 0 Å². The zero-order valence-electron chi connectivity index (χ0n) is 18.8. The molecule has 0 aliphatic carbocycles. The summed E-state index contributed by atoms with van der Waals surface area (Å²) in [6.45, 7) is 3.16. The molecule has 0 bridgehead atoms. The second kappa shape index (κ2) is 9.11. The van der Waals surface area contributed by atoms with E-state index in [4.69, 9.17) is 25.2 Å². The molecule has 1 aliphatic heterocycles. The molecule has 0 saturated carbocycles. The fraction of sp³-hybridized carbons (Fsp3) is 0.280. The minimum absolute atomic E-state index is 0.000796. The molecule has 1 atom stereocenters. The van der Waals surface area contributed by atoms with Crippen LogP contribution in [-0.2, 0) is 9.47 Å². The van der Waals surface area contributed by atoms with Crippen molar-refractivity contribution >= 4 is 39.9 Å². The Morgan fingerprint density at radius 3 is 2.56 bits per heavy atom. The van der Waals surface area contributed by atoms with Crippen LogP contribution < -0.4 is 11.1 Å². The van der Waals surface area contributed by atoms with Gasteiger partial charge in [-0.3, -0.25) is 9.36 Å². The van der Waals surface area contributed by atoms with E-state index in [0.29, 0.717) is 53.2 Å². The van der Waals surface area contributed by atoms with Gasteiger partial charge >= 0.3 is 5.97 Å². The molecule has 1 amide bonds. The number of nitrogens with two attached hydrogens (primary N) is 1. The number of rotatable bonds is 6. The van der Waals surface area contributed by atoms with Crippen molar-refractivity contribution in [2.45, 2.75) is 25.9 Å². The van der Waals surface area contributed by atoms with Crippen LogP contribution >= 0.6 is 0 Å². The van der Waals surface area contributed by atoms with Crippen molar-refractivity contribution in [2.24, 2.45) is 0 Å². The number of esters is 1. The van der Waals surface area contributed by atoms with Gasteiger partial charge in [-0.15, -0.1) is 0 Å². The van der Waals surface area contributed by atoms with Crippen molar-refractivity contribution < 1.29 is 19.1 Å². The van der Waals surface area contributed by atoms with Crippen molar-refractivity contribution in [3.8, 4) is 5.69 Å². The van der Waals surface area contributed by atoms with Gasteiger partial charge in [0.2, 0.25) is 0 Å². The number of hydrogen-bond donors (Lipinski definition) is 2. The highest BCUT2D eigenvalue weighted by Crippen LogP contribution is 2.31. The molecule has 5 rings (SSSR count). The van der Waals surface area contributed by atoms with Gasteiger partial charge in [0.05, 0.1) is 29.3 Å². The highest BCUT2D eigenvalue weighted by molar-refractivity contribution is 6.11. The molecule has 1 aliphatic rings. The van der Waals surface area contributed by atoms with Crippen LogP contribution in [0.3, 0.4) is 0 Å². The first-order valence-electron chi connectivity index (χ1n) is 11.3. The third-order valence-electron chi connectivity index (χ3n) is 5.88. The van der Waals surface area contributed by atoms with Gasteiger partial charge in [-0.2, -0.15) is 0 Å². The number of fused-ring (bicyclic) bond motifs is 2. The van der Waals surface area contributed by atoms with Gasteiger partial charge in [0.15, 0.2) is 5.65 Å². The van der Waals surface area contributed by atoms with Gasteiger partial charge < -0.3 is 20.5 Å². The smallest absolute Gasteiger partial charge is 0.338 e. The third-order valence-corrected chi connectivity index (χ3v) is 5.88. The topological polar surface area (TPSA) is 121 Å². The molecule has 2 aromatic carbocycles. The minimum atomic E-state index is -0.403. The lowest BCUT2D eigenvalue weighted by molar-refractivity contribution is 0.0526. The van der Waals surface area contributed by atoms with Gasteiger partial charge in [0.1, 0.15) is 16.9 Å². The van der Waals surface area contributed by atoms with Crippen LogP contribution in [-0.4, -0.2) is 52.3 Å². The largest absolute Gasteiger partial charge is 0.462 e. The SMILES string of the molecule is CCOC(=O)c1ccc(-n2c(N)c(C(=O)NC[C@@H]3CCCO3)c3nc4ccccc4nc32)cc1. The van der Waals surface area contributed by atoms with Gasteiger partial charge in [0, 0.05) is 18.8 Å². The molecule has 1 saturated heterocycles. The average Bonchev–Trinajstić information content (AvgIpc) is 3.47. The Bertz CT molecular complexity index is 1370. The second-order valence-electron chi connectivity index (χ2n) is 8.09. The van der Waals surface area contributed by atoms with E-state index in [2.05, 4.69) is 5.32 Å². The van der Waals surface area contributed by atoms with Gasteiger partial charge in [-0.25, -0.2) is 14.8 Å². The summed E-state index contributed by atoms with van der Waals surface area (Å²) in [6, 6.07) is 14.2. The summed E-state index contributed by atoms with van der Waals surface area (Å²) in [7, 11) is 0. The van der Waals surface area contributed by atoms with E-state index in [1.165, 1.54) is 0 Å². The van der Waals surface area contributed by atoms with Crippen LogP contribution in [0.1, 0.15) is 40.5 Å². The molecule has 9 heteroatoms. The number of carbonyl (C=O) groups excluding carboxylic acids is 2. The molecule has 0 spiro atoms. The molecular weight excluding hydrogens is 434 g/mol. The fourth-order valence-electron chi connectivity index (χ4n) is 4.21. The zero-order chi connectivity index (χ0) is 23.7. The number of nitrogens with one attached hydrogen (secondary N) is 1. The predicted octanol–water partition coefficient (Wildman–Crippen LogP) is 3.24. The molecular formula is C25H25N5O4. The van der Waals surface area contributed by atoms with Crippen LogP contribution in [0, 0.1) is 0 Å². The van der Waals surface area contributed by atoms with Gasteiger partial charge in [-0.05, 0) is 56.2 Å². The molecule has 3 heterocycles. The van der Waals surface area contributed by atoms with Crippen LogP contribution in [0.15, 0.2) is 48.5 Å². The summed E-state index contributed by atoms with van der Waals surface area (Å²) >= 11 is 0.